The number of hydrogen-bond donors (Lipinski definition) is 0. The molecule has 0 saturated heterocycles. The van der Waals surface area contributed by atoms with Crippen LogP contribution in [0.2, 0.25) is 5.02 Å². The average molecular weight is 348 g/mol. The molecule has 0 aliphatic heterocycles. The topological polar surface area (TPSA) is 9.23 Å². The van der Waals surface area contributed by atoms with Crippen molar-refractivity contribution in [1.82, 2.24) is 0 Å². The number of hydrogen-bond acceptors (Lipinski definition) is 1. The van der Waals surface area contributed by atoms with E-state index in [0.717, 1.165) is 6.42 Å². The molecule has 2 aliphatic rings. The van der Waals surface area contributed by atoms with E-state index in [0.29, 0.717) is 9.85 Å². The van der Waals surface area contributed by atoms with Crippen molar-refractivity contribution in [2.45, 2.75) is 49.5 Å². The summed E-state index contributed by atoms with van der Waals surface area (Å²) >= 11 is 9.80. The van der Waals surface area contributed by atoms with E-state index in [2.05, 4.69) is 15.9 Å². The van der Waals surface area contributed by atoms with Gasteiger partial charge in [0.2, 0.25) is 0 Å². The van der Waals surface area contributed by atoms with Crippen molar-refractivity contribution in [3.63, 3.8) is 0 Å². The van der Waals surface area contributed by atoms with Crippen molar-refractivity contribution >= 4 is 27.5 Å². The Hall–Kier alpha value is -0.280. The fourth-order valence-corrected chi connectivity index (χ4v) is 4.75. The lowest BCUT2D eigenvalue weighted by molar-refractivity contribution is -0.0616. The molecule has 0 heterocycles. The van der Waals surface area contributed by atoms with Gasteiger partial charge in [0.15, 0.2) is 11.6 Å². The Morgan fingerprint density at radius 1 is 1.26 bits per heavy atom. The molecule has 1 nitrogen and oxygen atoms in total. The second-order valence-corrected chi connectivity index (χ2v) is 7.17. The van der Waals surface area contributed by atoms with Crippen LogP contribution < -0.4 is 4.74 Å². The molecule has 1 spiro atoms. The van der Waals surface area contributed by atoms with E-state index in [1.165, 1.54) is 38.2 Å². The molecule has 2 atom stereocenters. The first kappa shape index (κ1) is 13.7. The van der Waals surface area contributed by atoms with Gasteiger partial charge in [-0.05, 0) is 31.4 Å². The molecule has 0 bridgehead atoms. The summed E-state index contributed by atoms with van der Waals surface area (Å²) in [5, 5.41) is 0.365. The predicted octanol–water partition coefficient (Wildman–Crippen LogP) is 5.34. The van der Waals surface area contributed by atoms with Crippen LogP contribution in [0.3, 0.4) is 0 Å². The summed E-state index contributed by atoms with van der Waals surface area (Å²) in [6.07, 6.45) is 7.14. The van der Waals surface area contributed by atoms with E-state index in [1.807, 2.05) is 0 Å². The van der Waals surface area contributed by atoms with Gasteiger partial charge in [-0.25, -0.2) is 4.39 Å². The van der Waals surface area contributed by atoms with E-state index in [1.54, 1.807) is 12.1 Å². The van der Waals surface area contributed by atoms with Gasteiger partial charge in [-0.1, -0.05) is 52.9 Å². The van der Waals surface area contributed by atoms with Gasteiger partial charge in [0.25, 0.3) is 0 Å². The van der Waals surface area contributed by atoms with Crippen molar-refractivity contribution in [3.8, 4) is 5.75 Å². The molecular weight excluding hydrogens is 331 g/mol. The third kappa shape index (κ3) is 2.29. The Labute approximate surface area is 126 Å². The maximum Gasteiger partial charge on any atom is 0.173 e. The fourth-order valence-electron chi connectivity index (χ4n) is 3.45. The molecule has 2 saturated carbocycles. The van der Waals surface area contributed by atoms with Gasteiger partial charge < -0.3 is 4.74 Å². The lowest BCUT2D eigenvalue weighted by Crippen LogP contribution is -2.57. The summed E-state index contributed by atoms with van der Waals surface area (Å²) in [6, 6.07) is 4.69. The number of rotatable bonds is 2. The summed E-state index contributed by atoms with van der Waals surface area (Å²) < 4.78 is 19.7. The molecule has 1 aromatic carbocycles. The summed E-state index contributed by atoms with van der Waals surface area (Å²) in [6.45, 7) is 0. The van der Waals surface area contributed by atoms with Crippen molar-refractivity contribution in [2.75, 3.05) is 0 Å². The molecule has 3 rings (SSSR count). The SMILES string of the molecule is Fc1cccc(Cl)c1OC1CC(Br)C12CCCCC2. The number of ether oxygens (including phenoxy) is 1. The highest BCUT2D eigenvalue weighted by Crippen LogP contribution is 2.56. The number of para-hydroxylation sites is 1. The average Bonchev–Trinajstić information content (AvgIpc) is 2.43. The van der Waals surface area contributed by atoms with Crippen molar-refractivity contribution in [2.24, 2.45) is 5.41 Å². The van der Waals surface area contributed by atoms with Crippen LogP contribution >= 0.6 is 27.5 Å². The summed E-state index contributed by atoms with van der Waals surface area (Å²) in [4.78, 5) is 0.496. The van der Waals surface area contributed by atoms with Crippen LogP contribution in [0.15, 0.2) is 18.2 Å². The normalized spacial score (nSPS) is 29.0. The molecule has 4 heteroatoms. The van der Waals surface area contributed by atoms with Gasteiger partial charge in [-0.3, -0.25) is 0 Å². The first-order valence-corrected chi connectivity index (χ1v) is 8.17. The molecule has 0 amide bonds. The zero-order valence-corrected chi connectivity index (χ0v) is 13.0. The lowest BCUT2D eigenvalue weighted by atomic mass is 9.58. The van der Waals surface area contributed by atoms with Crippen LogP contribution in [-0.4, -0.2) is 10.9 Å². The fraction of sp³-hybridized carbons (Fsp3) is 0.600. The first-order valence-electron chi connectivity index (χ1n) is 6.88. The zero-order chi connectivity index (χ0) is 13.5. The molecule has 0 aromatic heterocycles. The molecule has 0 N–H and O–H groups in total. The summed E-state index contributed by atoms with van der Waals surface area (Å²) in [5.74, 6) is -0.144. The van der Waals surface area contributed by atoms with Crippen LogP contribution in [0.1, 0.15) is 38.5 Å². The van der Waals surface area contributed by atoms with Crippen LogP contribution in [0.5, 0.6) is 5.75 Å². The predicted molar refractivity (Wildman–Crippen MR) is 78.7 cm³/mol. The van der Waals surface area contributed by atoms with Crippen LogP contribution in [0.4, 0.5) is 4.39 Å². The van der Waals surface area contributed by atoms with Crippen molar-refractivity contribution in [1.29, 1.82) is 0 Å². The van der Waals surface area contributed by atoms with E-state index in [4.69, 9.17) is 16.3 Å². The molecule has 2 unspecified atom stereocenters. The van der Waals surface area contributed by atoms with E-state index in [9.17, 15) is 4.39 Å². The minimum absolute atomic E-state index is 0.0894. The van der Waals surface area contributed by atoms with Gasteiger partial charge in [-0.2, -0.15) is 0 Å². The largest absolute Gasteiger partial charge is 0.485 e. The molecule has 19 heavy (non-hydrogen) atoms. The first-order chi connectivity index (χ1) is 9.13. The molecule has 2 fully saturated rings. The van der Waals surface area contributed by atoms with Gasteiger partial charge >= 0.3 is 0 Å². The zero-order valence-electron chi connectivity index (χ0n) is 10.7. The Morgan fingerprint density at radius 2 is 2.00 bits per heavy atom. The molecule has 104 valence electrons. The maximum absolute atomic E-state index is 13.8. The third-order valence-corrected chi connectivity index (χ3v) is 6.23. The van der Waals surface area contributed by atoms with E-state index < -0.39 is 0 Å². The van der Waals surface area contributed by atoms with Crippen LogP contribution in [-0.2, 0) is 0 Å². The Morgan fingerprint density at radius 3 is 2.63 bits per heavy atom. The lowest BCUT2D eigenvalue weighted by Gasteiger charge is -2.55. The van der Waals surface area contributed by atoms with E-state index in [-0.39, 0.29) is 23.1 Å². The second kappa shape index (κ2) is 5.25. The highest BCUT2D eigenvalue weighted by Gasteiger charge is 2.55. The highest BCUT2D eigenvalue weighted by molar-refractivity contribution is 9.09. The highest BCUT2D eigenvalue weighted by atomic mass is 79.9. The smallest absolute Gasteiger partial charge is 0.173 e. The van der Waals surface area contributed by atoms with E-state index >= 15 is 0 Å². The number of benzene rings is 1. The Kier molecular flexibility index (Phi) is 3.78. The number of alkyl halides is 1. The van der Waals surface area contributed by atoms with Crippen molar-refractivity contribution in [3.05, 3.63) is 29.0 Å². The van der Waals surface area contributed by atoms with Gasteiger partial charge in [0, 0.05) is 10.2 Å². The second-order valence-electron chi connectivity index (χ2n) is 5.65. The van der Waals surface area contributed by atoms with Gasteiger partial charge in [0.05, 0.1) is 5.02 Å². The number of halogens is 3. The Balaban J connectivity index is 1.80. The molecule has 2 aliphatic carbocycles. The molecular formula is C15H17BrClFO. The molecule has 0 radical (unpaired) electrons. The summed E-state index contributed by atoms with van der Waals surface area (Å²) in [7, 11) is 0. The maximum atomic E-state index is 13.8. The standard InChI is InChI=1S/C15H17BrClFO/c16-12-9-13(15(12)7-2-1-3-8-15)19-14-10(17)5-4-6-11(14)18/h4-6,12-13H,1-3,7-9H2. The minimum Gasteiger partial charge on any atom is -0.485 e. The van der Waals surface area contributed by atoms with Gasteiger partial charge in [0.1, 0.15) is 6.10 Å². The van der Waals surface area contributed by atoms with Crippen LogP contribution in [0.25, 0.3) is 0 Å². The van der Waals surface area contributed by atoms with Crippen LogP contribution in [0, 0.1) is 11.2 Å². The van der Waals surface area contributed by atoms with Gasteiger partial charge in [-0.15, -0.1) is 0 Å². The Bertz CT molecular complexity index is 453. The third-order valence-electron chi connectivity index (χ3n) is 4.65. The van der Waals surface area contributed by atoms with Crippen molar-refractivity contribution < 1.29 is 9.13 Å². The molecule has 1 aromatic rings. The summed E-state index contributed by atoms with van der Waals surface area (Å²) in [5.41, 5.74) is 0.184. The monoisotopic (exact) mass is 346 g/mol. The quantitative estimate of drug-likeness (QED) is 0.656. The minimum atomic E-state index is -0.364.